The average Bonchev–Trinajstić information content (AvgIpc) is 2.46. The molecule has 23 heavy (non-hydrogen) atoms. The van der Waals surface area contributed by atoms with Crippen LogP contribution in [0.5, 0.6) is 0 Å². The van der Waals surface area contributed by atoms with Gasteiger partial charge in [-0.3, -0.25) is 4.79 Å². The van der Waals surface area contributed by atoms with Crippen LogP contribution >= 0.6 is 0 Å². The summed E-state index contributed by atoms with van der Waals surface area (Å²) in [6.45, 7) is 4.87. The van der Waals surface area contributed by atoms with Crippen LogP contribution in [0.3, 0.4) is 0 Å². The minimum absolute atomic E-state index is 0.112. The fourth-order valence-corrected chi connectivity index (χ4v) is 2.44. The van der Waals surface area contributed by atoms with Crippen molar-refractivity contribution in [2.24, 2.45) is 0 Å². The van der Waals surface area contributed by atoms with Gasteiger partial charge >= 0.3 is 18.3 Å². The van der Waals surface area contributed by atoms with Crippen molar-refractivity contribution in [1.82, 2.24) is 4.90 Å². The Morgan fingerprint density at radius 3 is 2.13 bits per heavy atom. The molecule has 130 valence electrons. The van der Waals surface area contributed by atoms with Gasteiger partial charge in [-0.2, -0.15) is 26.3 Å². The van der Waals surface area contributed by atoms with Crippen LogP contribution in [0.4, 0.5) is 26.3 Å². The van der Waals surface area contributed by atoms with Crippen molar-refractivity contribution in [1.29, 1.82) is 0 Å². The third-order valence-corrected chi connectivity index (χ3v) is 3.42. The molecule has 8 heteroatoms. The van der Waals surface area contributed by atoms with Crippen molar-refractivity contribution in [3.63, 3.8) is 0 Å². The van der Waals surface area contributed by atoms with E-state index in [4.69, 9.17) is 0 Å². The van der Waals surface area contributed by atoms with Crippen molar-refractivity contribution in [3.8, 4) is 0 Å². The van der Waals surface area contributed by atoms with Gasteiger partial charge in [-0.25, -0.2) is 0 Å². The normalized spacial score (nSPS) is 14.7. The lowest BCUT2D eigenvalue weighted by molar-refractivity contribution is -0.186. The molecule has 1 aromatic rings. The number of amides is 1. The molecule has 0 spiro atoms. The summed E-state index contributed by atoms with van der Waals surface area (Å²) in [6.07, 6.45) is -9.48. The van der Waals surface area contributed by atoms with Crippen LogP contribution in [-0.2, 0) is 23.9 Å². The second-order valence-electron chi connectivity index (χ2n) is 4.90. The van der Waals surface area contributed by atoms with E-state index in [1.54, 1.807) is 0 Å². The Morgan fingerprint density at radius 2 is 1.65 bits per heavy atom. The smallest absolute Gasteiger partial charge is 0.330 e. The van der Waals surface area contributed by atoms with Crippen LogP contribution in [0.2, 0.25) is 0 Å². The van der Waals surface area contributed by atoms with Gasteiger partial charge in [-0.1, -0.05) is 13.8 Å². The predicted octanol–water partition coefficient (Wildman–Crippen LogP) is 4.49. The minimum Gasteiger partial charge on any atom is -0.330 e. The lowest BCUT2D eigenvalue weighted by Crippen LogP contribution is -2.43. The van der Waals surface area contributed by atoms with Crippen LogP contribution in [0, 0.1) is 6.92 Å². The van der Waals surface area contributed by atoms with Crippen molar-refractivity contribution in [2.75, 3.05) is 6.54 Å². The Bertz CT molecular complexity index is 577. The number of benzene rings is 1. The fraction of sp³-hybridized carbons (Fsp3) is 0.533. The highest BCUT2D eigenvalue weighted by molar-refractivity contribution is 5.82. The number of hydrogen-bond donors (Lipinski definition) is 0. The highest BCUT2D eigenvalue weighted by atomic mass is 19.4. The Balaban J connectivity index is 0.00000127. The molecule has 0 saturated heterocycles. The zero-order valence-corrected chi connectivity index (χ0v) is 12.9. The van der Waals surface area contributed by atoms with Crippen LogP contribution in [0.25, 0.3) is 0 Å². The molecule has 1 aliphatic rings. The third kappa shape index (κ3) is 4.39. The summed E-state index contributed by atoms with van der Waals surface area (Å²) in [4.78, 5) is 11.7. The van der Waals surface area contributed by atoms with Crippen LogP contribution < -0.4 is 0 Å². The molecule has 0 bridgehead atoms. The van der Waals surface area contributed by atoms with Crippen molar-refractivity contribution in [3.05, 3.63) is 34.4 Å². The maximum atomic E-state index is 12.7. The maximum absolute atomic E-state index is 12.7. The molecular weight excluding hydrogens is 324 g/mol. The van der Waals surface area contributed by atoms with Crippen LogP contribution in [-0.4, -0.2) is 23.5 Å². The van der Waals surface area contributed by atoms with Gasteiger partial charge in [0.2, 0.25) is 0 Å². The molecule has 0 aliphatic carbocycles. The largest absolute Gasteiger partial charge is 0.471 e. The number of halogens is 6. The molecule has 0 atom stereocenters. The van der Waals surface area contributed by atoms with E-state index in [-0.39, 0.29) is 18.5 Å². The van der Waals surface area contributed by atoms with Gasteiger partial charge in [0, 0.05) is 13.1 Å². The molecule has 0 unspecified atom stereocenters. The maximum Gasteiger partial charge on any atom is 0.471 e. The number of nitrogens with zero attached hydrogens (tertiary/aromatic N) is 1. The van der Waals surface area contributed by atoms with E-state index in [1.807, 2.05) is 13.8 Å². The highest BCUT2D eigenvalue weighted by Crippen LogP contribution is 2.34. The molecule has 1 aliphatic heterocycles. The summed E-state index contributed by atoms with van der Waals surface area (Å²) >= 11 is 0. The number of carbonyl (C=O) groups is 1. The van der Waals surface area contributed by atoms with Crippen LogP contribution in [0.15, 0.2) is 12.1 Å². The Labute approximate surface area is 130 Å². The summed E-state index contributed by atoms with van der Waals surface area (Å²) < 4.78 is 75.3. The van der Waals surface area contributed by atoms with Gasteiger partial charge in [-0.15, -0.1) is 0 Å². The van der Waals surface area contributed by atoms with Gasteiger partial charge in [0.05, 0.1) is 5.56 Å². The predicted molar refractivity (Wildman–Crippen MR) is 72.7 cm³/mol. The minimum atomic E-state index is -5.02. The molecule has 0 fully saturated rings. The number of hydrogen-bond acceptors (Lipinski definition) is 1. The van der Waals surface area contributed by atoms with Crippen molar-refractivity contribution >= 4 is 5.91 Å². The van der Waals surface area contributed by atoms with Gasteiger partial charge in [0.15, 0.2) is 0 Å². The van der Waals surface area contributed by atoms with Gasteiger partial charge < -0.3 is 4.90 Å². The zero-order chi connectivity index (χ0) is 18.0. The number of rotatable bonds is 0. The van der Waals surface area contributed by atoms with Crippen molar-refractivity contribution in [2.45, 2.75) is 46.1 Å². The zero-order valence-electron chi connectivity index (χ0n) is 12.9. The SMILES string of the molecule is CC.Cc1cc(C(F)(F)F)cc2c1CCN(C(=O)C(F)(F)F)C2. The topological polar surface area (TPSA) is 20.3 Å². The molecule has 0 aromatic heterocycles. The summed E-state index contributed by atoms with van der Waals surface area (Å²) in [5.41, 5.74) is 0.152. The lowest BCUT2D eigenvalue weighted by Gasteiger charge is -2.31. The first-order valence-corrected chi connectivity index (χ1v) is 7.06. The summed E-state index contributed by atoms with van der Waals surface area (Å²) in [5, 5.41) is 0. The summed E-state index contributed by atoms with van der Waals surface area (Å²) in [6, 6.07) is 1.79. The summed E-state index contributed by atoms with van der Waals surface area (Å²) in [7, 11) is 0. The molecule has 1 aromatic carbocycles. The highest BCUT2D eigenvalue weighted by Gasteiger charge is 2.43. The van der Waals surface area contributed by atoms with E-state index < -0.39 is 30.4 Å². The first-order chi connectivity index (χ1) is 10.5. The van der Waals surface area contributed by atoms with E-state index in [1.165, 1.54) is 6.92 Å². The lowest BCUT2D eigenvalue weighted by atomic mass is 9.92. The second-order valence-corrected chi connectivity index (χ2v) is 4.90. The van der Waals surface area contributed by atoms with Gasteiger partial charge in [0.25, 0.3) is 0 Å². The Hall–Kier alpha value is -1.73. The van der Waals surface area contributed by atoms with Crippen LogP contribution in [0.1, 0.15) is 36.1 Å². The number of carbonyl (C=O) groups excluding carboxylic acids is 1. The molecular formula is C15H17F6NO. The monoisotopic (exact) mass is 341 g/mol. The first kappa shape index (κ1) is 19.3. The average molecular weight is 341 g/mol. The molecule has 1 amide bonds. The first-order valence-electron chi connectivity index (χ1n) is 7.06. The second kappa shape index (κ2) is 6.80. The Kier molecular flexibility index (Phi) is 5.71. The molecule has 0 N–H and O–H groups in total. The fourth-order valence-electron chi connectivity index (χ4n) is 2.44. The molecule has 0 radical (unpaired) electrons. The third-order valence-electron chi connectivity index (χ3n) is 3.42. The Morgan fingerprint density at radius 1 is 1.09 bits per heavy atom. The number of alkyl halides is 6. The van der Waals surface area contributed by atoms with Crippen molar-refractivity contribution < 1.29 is 31.1 Å². The van der Waals surface area contributed by atoms with Gasteiger partial charge in [0.1, 0.15) is 0 Å². The molecule has 0 saturated carbocycles. The molecule has 2 nitrogen and oxygen atoms in total. The van der Waals surface area contributed by atoms with E-state index in [9.17, 15) is 31.1 Å². The quantitative estimate of drug-likeness (QED) is 0.637. The van der Waals surface area contributed by atoms with E-state index >= 15 is 0 Å². The molecule has 1 heterocycles. The number of fused-ring (bicyclic) bond motifs is 1. The summed E-state index contributed by atoms with van der Waals surface area (Å²) in [5.74, 6) is -2.02. The van der Waals surface area contributed by atoms with Gasteiger partial charge in [-0.05, 0) is 42.2 Å². The molecule has 2 rings (SSSR count). The standard InChI is InChI=1S/C13H11F6NO.C2H6/c1-7-4-9(12(14,15)16)5-8-6-20(3-2-10(7)8)11(21)13(17,18)19;1-2/h4-5H,2-3,6H2,1H3;1-2H3. The van der Waals surface area contributed by atoms with E-state index in [0.717, 1.165) is 12.1 Å². The van der Waals surface area contributed by atoms with E-state index in [2.05, 4.69) is 0 Å². The number of aryl methyl sites for hydroxylation is 1. The van der Waals surface area contributed by atoms with E-state index in [0.29, 0.717) is 16.0 Å².